The van der Waals surface area contributed by atoms with E-state index in [1.54, 1.807) is 20.1 Å². The summed E-state index contributed by atoms with van der Waals surface area (Å²) in [7, 11) is -0.784. The van der Waals surface area contributed by atoms with Crippen LogP contribution in [0.25, 0.3) is 0 Å². The van der Waals surface area contributed by atoms with Crippen LogP contribution in [0.3, 0.4) is 0 Å². The fourth-order valence-corrected chi connectivity index (χ4v) is 1.26. The third-order valence-corrected chi connectivity index (χ3v) is 2.34. The van der Waals surface area contributed by atoms with Gasteiger partial charge in [0, 0.05) is 29.4 Å². The molecule has 78 valence electrons. The van der Waals surface area contributed by atoms with Crippen molar-refractivity contribution < 1.29 is 9.00 Å². The molecule has 0 heterocycles. The number of hydrogen-bond acceptors (Lipinski definition) is 3. The number of carbonyl (C=O) groups excluding carboxylic acids is 1. The van der Waals surface area contributed by atoms with Crippen LogP contribution in [0.2, 0.25) is 0 Å². The highest BCUT2D eigenvalue weighted by Gasteiger charge is 2.20. The van der Waals surface area contributed by atoms with Gasteiger partial charge in [-0.05, 0) is 20.3 Å². The monoisotopic (exact) mass is 206 g/mol. The molecule has 0 saturated carbocycles. The Morgan fingerprint density at radius 1 is 1.54 bits per heavy atom. The van der Waals surface area contributed by atoms with Crippen molar-refractivity contribution in [1.29, 1.82) is 0 Å². The van der Waals surface area contributed by atoms with E-state index in [4.69, 9.17) is 5.73 Å². The molecule has 0 radical (unpaired) electrons. The first-order valence-electron chi connectivity index (χ1n) is 4.21. The molecule has 5 heteroatoms. The van der Waals surface area contributed by atoms with Gasteiger partial charge < -0.3 is 11.1 Å². The van der Waals surface area contributed by atoms with E-state index in [9.17, 15) is 9.00 Å². The quantitative estimate of drug-likeness (QED) is 0.602. The molecule has 0 spiro atoms. The van der Waals surface area contributed by atoms with Gasteiger partial charge in [-0.25, -0.2) is 0 Å². The van der Waals surface area contributed by atoms with Gasteiger partial charge in [0.15, 0.2) is 0 Å². The molecular formula is C8H18N2O2S. The smallest absolute Gasteiger partial charge is 0.239 e. The molecule has 13 heavy (non-hydrogen) atoms. The molecule has 0 saturated heterocycles. The molecule has 0 rings (SSSR count). The molecule has 0 aliphatic carbocycles. The predicted molar refractivity (Wildman–Crippen MR) is 54.8 cm³/mol. The molecular weight excluding hydrogens is 188 g/mol. The number of carbonyl (C=O) groups is 1. The van der Waals surface area contributed by atoms with Gasteiger partial charge >= 0.3 is 0 Å². The molecule has 0 aromatic heterocycles. The van der Waals surface area contributed by atoms with Crippen molar-refractivity contribution in [3.63, 3.8) is 0 Å². The van der Waals surface area contributed by atoms with Crippen molar-refractivity contribution in [2.75, 3.05) is 18.6 Å². The Kier molecular flexibility index (Phi) is 5.17. The topological polar surface area (TPSA) is 72.2 Å². The van der Waals surface area contributed by atoms with Gasteiger partial charge in [-0.15, -0.1) is 0 Å². The fraction of sp³-hybridized carbons (Fsp3) is 0.875. The van der Waals surface area contributed by atoms with E-state index >= 15 is 0 Å². The average molecular weight is 206 g/mol. The molecule has 1 atom stereocenters. The zero-order valence-corrected chi connectivity index (χ0v) is 9.24. The van der Waals surface area contributed by atoms with Crippen LogP contribution < -0.4 is 11.1 Å². The summed E-state index contributed by atoms with van der Waals surface area (Å²) in [5.74, 6) is 0.444. The summed E-state index contributed by atoms with van der Waals surface area (Å²) < 4.78 is 10.7. The summed E-state index contributed by atoms with van der Waals surface area (Å²) in [5, 5.41) is 2.68. The summed E-state index contributed by atoms with van der Waals surface area (Å²) in [4.78, 5) is 11.2. The zero-order chi connectivity index (χ0) is 10.5. The third-order valence-electron chi connectivity index (χ3n) is 1.48. The maximum Gasteiger partial charge on any atom is 0.239 e. The normalized spacial score (nSPS) is 13.8. The molecule has 0 aliphatic heterocycles. The van der Waals surface area contributed by atoms with Crippen LogP contribution >= 0.6 is 0 Å². The van der Waals surface area contributed by atoms with Crippen LogP contribution in [0.5, 0.6) is 0 Å². The van der Waals surface area contributed by atoms with Crippen LogP contribution in [-0.2, 0) is 15.6 Å². The van der Waals surface area contributed by atoms with Crippen molar-refractivity contribution in [2.24, 2.45) is 5.73 Å². The van der Waals surface area contributed by atoms with Crippen molar-refractivity contribution >= 4 is 16.7 Å². The molecule has 0 bridgehead atoms. The maximum absolute atomic E-state index is 11.2. The number of hydrogen-bond donors (Lipinski definition) is 2. The second-order valence-electron chi connectivity index (χ2n) is 3.61. The second kappa shape index (κ2) is 5.34. The Bertz CT molecular complexity index is 199. The van der Waals surface area contributed by atoms with Gasteiger partial charge in [-0.3, -0.25) is 9.00 Å². The first-order chi connectivity index (χ1) is 5.84. The van der Waals surface area contributed by atoms with E-state index in [1.165, 1.54) is 0 Å². The predicted octanol–water partition coefficient (Wildman–Crippen LogP) is -0.391. The molecule has 0 aromatic rings. The molecule has 3 N–H and O–H groups in total. The standard InChI is InChI=1S/C8H18N2O2S/c1-8(2,9)7(11)10-5-4-6-13(3)12/h4-6,9H2,1-3H3,(H,10,11). The van der Waals surface area contributed by atoms with Crippen LogP contribution in [0.4, 0.5) is 0 Å². The van der Waals surface area contributed by atoms with E-state index in [-0.39, 0.29) is 5.91 Å². The molecule has 1 unspecified atom stereocenters. The minimum absolute atomic E-state index is 0.172. The van der Waals surface area contributed by atoms with Crippen LogP contribution in [0, 0.1) is 0 Å². The minimum Gasteiger partial charge on any atom is -0.354 e. The lowest BCUT2D eigenvalue weighted by Gasteiger charge is -2.17. The maximum atomic E-state index is 11.2. The van der Waals surface area contributed by atoms with E-state index in [2.05, 4.69) is 5.32 Å². The molecule has 1 amide bonds. The lowest BCUT2D eigenvalue weighted by atomic mass is 10.1. The Morgan fingerprint density at radius 3 is 2.46 bits per heavy atom. The van der Waals surface area contributed by atoms with Gasteiger partial charge in [0.1, 0.15) is 0 Å². The zero-order valence-electron chi connectivity index (χ0n) is 8.42. The molecule has 0 aromatic carbocycles. The lowest BCUT2D eigenvalue weighted by Crippen LogP contribution is -2.49. The number of nitrogens with two attached hydrogens (primary N) is 1. The van der Waals surface area contributed by atoms with E-state index < -0.39 is 16.3 Å². The Labute approximate surface area is 81.7 Å². The highest BCUT2D eigenvalue weighted by atomic mass is 32.2. The summed E-state index contributed by atoms with van der Waals surface area (Å²) in [6.07, 6.45) is 2.37. The largest absolute Gasteiger partial charge is 0.354 e. The average Bonchev–Trinajstić information content (AvgIpc) is 1.95. The Hall–Kier alpha value is -0.420. The summed E-state index contributed by atoms with van der Waals surface area (Å²) >= 11 is 0. The SMILES string of the molecule is CS(=O)CCCNC(=O)C(C)(C)N. The lowest BCUT2D eigenvalue weighted by molar-refractivity contribution is -0.125. The van der Waals surface area contributed by atoms with Crippen molar-refractivity contribution in [3.05, 3.63) is 0 Å². The van der Waals surface area contributed by atoms with Gasteiger partial charge in [-0.1, -0.05) is 0 Å². The van der Waals surface area contributed by atoms with Crippen molar-refractivity contribution in [3.8, 4) is 0 Å². The molecule has 0 fully saturated rings. The first kappa shape index (κ1) is 12.6. The van der Waals surface area contributed by atoms with Crippen LogP contribution in [0.15, 0.2) is 0 Å². The number of nitrogens with one attached hydrogen (secondary N) is 1. The van der Waals surface area contributed by atoms with Crippen LogP contribution in [0.1, 0.15) is 20.3 Å². The van der Waals surface area contributed by atoms with Gasteiger partial charge in [0.25, 0.3) is 0 Å². The summed E-state index contributed by atoms with van der Waals surface area (Å²) in [6, 6.07) is 0. The minimum atomic E-state index is -0.828. The van der Waals surface area contributed by atoms with Crippen molar-refractivity contribution in [1.82, 2.24) is 5.32 Å². The van der Waals surface area contributed by atoms with Gasteiger partial charge in [0.2, 0.25) is 5.91 Å². The van der Waals surface area contributed by atoms with Crippen molar-refractivity contribution in [2.45, 2.75) is 25.8 Å². The molecule has 4 nitrogen and oxygen atoms in total. The Balaban J connectivity index is 3.55. The molecule has 0 aliphatic rings. The first-order valence-corrected chi connectivity index (χ1v) is 5.94. The number of rotatable bonds is 5. The summed E-state index contributed by atoms with van der Waals surface area (Å²) in [6.45, 7) is 3.85. The fourth-order valence-electron chi connectivity index (χ4n) is 0.705. The van der Waals surface area contributed by atoms with Gasteiger partial charge in [0.05, 0.1) is 5.54 Å². The highest BCUT2D eigenvalue weighted by molar-refractivity contribution is 7.84. The number of amides is 1. The Morgan fingerprint density at radius 2 is 2.08 bits per heavy atom. The summed E-state index contributed by atoms with van der Waals surface area (Å²) in [5.41, 5.74) is 4.72. The van der Waals surface area contributed by atoms with E-state index in [0.29, 0.717) is 12.3 Å². The second-order valence-corrected chi connectivity index (χ2v) is 5.16. The van der Waals surface area contributed by atoms with Crippen LogP contribution in [-0.4, -0.2) is 34.2 Å². The van der Waals surface area contributed by atoms with Gasteiger partial charge in [-0.2, -0.15) is 0 Å². The third kappa shape index (κ3) is 6.72. The van der Waals surface area contributed by atoms with E-state index in [1.807, 2.05) is 0 Å². The highest BCUT2D eigenvalue weighted by Crippen LogP contribution is 1.95. The van der Waals surface area contributed by atoms with E-state index in [0.717, 1.165) is 6.42 Å².